The lowest BCUT2D eigenvalue weighted by Crippen LogP contribution is -2.19. The van der Waals surface area contributed by atoms with E-state index in [0.29, 0.717) is 26.4 Å². The fourth-order valence-electron chi connectivity index (χ4n) is 1.33. The summed E-state index contributed by atoms with van der Waals surface area (Å²) in [6.45, 7) is 5.51. The van der Waals surface area contributed by atoms with Crippen LogP contribution in [0.3, 0.4) is 0 Å². The van der Waals surface area contributed by atoms with Crippen LogP contribution < -0.4 is 0 Å². The van der Waals surface area contributed by atoms with Gasteiger partial charge in [-0.3, -0.25) is 0 Å². The molecule has 0 aromatic rings. The van der Waals surface area contributed by atoms with Crippen molar-refractivity contribution in [1.29, 1.82) is 0 Å². The molecule has 1 unspecified atom stereocenters. The van der Waals surface area contributed by atoms with Gasteiger partial charge < -0.3 is 19.3 Å². The highest BCUT2D eigenvalue weighted by Crippen LogP contribution is 1.98. The summed E-state index contributed by atoms with van der Waals surface area (Å²) in [7, 11) is 0. The zero-order chi connectivity index (χ0) is 13.5. The zero-order valence-corrected chi connectivity index (χ0v) is 12.2. The van der Waals surface area contributed by atoms with Crippen molar-refractivity contribution in [3.63, 3.8) is 0 Å². The first-order valence-electron chi connectivity index (χ1n) is 6.78. The Morgan fingerprint density at radius 2 is 1.50 bits per heavy atom. The minimum Gasteiger partial charge on any atom is -0.389 e. The van der Waals surface area contributed by atoms with Gasteiger partial charge in [-0.25, -0.2) is 0 Å². The van der Waals surface area contributed by atoms with Gasteiger partial charge in [-0.15, -0.1) is 11.6 Å². The Kier molecular flexibility index (Phi) is 15.3. The summed E-state index contributed by atoms with van der Waals surface area (Å²) in [6, 6.07) is 0. The molecule has 0 fully saturated rings. The summed E-state index contributed by atoms with van der Waals surface area (Å²) >= 11 is 5.42. The molecule has 0 aromatic carbocycles. The second-order valence-corrected chi connectivity index (χ2v) is 4.48. The molecule has 0 heterocycles. The van der Waals surface area contributed by atoms with Crippen molar-refractivity contribution in [1.82, 2.24) is 0 Å². The van der Waals surface area contributed by atoms with Crippen LogP contribution in [-0.2, 0) is 14.2 Å². The molecule has 4 nitrogen and oxygen atoms in total. The number of ether oxygens (including phenoxy) is 3. The molecule has 0 rings (SSSR count). The molecule has 0 saturated carbocycles. The minimum absolute atomic E-state index is 0.201. The van der Waals surface area contributed by atoms with Crippen molar-refractivity contribution < 1.29 is 19.3 Å². The van der Waals surface area contributed by atoms with E-state index in [2.05, 4.69) is 6.92 Å². The van der Waals surface area contributed by atoms with E-state index in [1.165, 1.54) is 19.3 Å². The van der Waals surface area contributed by atoms with Crippen LogP contribution in [0.4, 0.5) is 0 Å². The SMILES string of the molecule is CCCCCCOCCOCCOCC(O)CCl. The van der Waals surface area contributed by atoms with Gasteiger partial charge in [-0.1, -0.05) is 26.2 Å². The Morgan fingerprint density at radius 1 is 0.889 bits per heavy atom. The van der Waals surface area contributed by atoms with Crippen molar-refractivity contribution in [3.8, 4) is 0 Å². The van der Waals surface area contributed by atoms with E-state index in [0.717, 1.165) is 13.0 Å². The Hall–Kier alpha value is 0.130. The molecule has 0 aliphatic rings. The van der Waals surface area contributed by atoms with Crippen LogP contribution in [0.5, 0.6) is 0 Å². The van der Waals surface area contributed by atoms with Crippen molar-refractivity contribution in [3.05, 3.63) is 0 Å². The van der Waals surface area contributed by atoms with Crippen LogP contribution in [0.25, 0.3) is 0 Å². The van der Waals surface area contributed by atoms with Gasteiger partial charge in [0.05, 0.1) is 45.0 Å². The highest BCUT2D eigenvalue weighted by Gasteiger charge is 2.00. The summed E-state index contributed by atoms with van der Waals surface area (Å²) in [5, 5.41) is 9.10. The third kappa shape index (κ3) is 14.2. The minimum atomic E-state index is -0.585. The van der Waals surface area contributed by atoms with Gasteiger partial charge in [-0.2, -0.15) is 0 Å². The first-order valence-corrected chi connectivity index (χ1v) is 7.32. The normalized spacial score (nSPS) is 12.8. The molecule has 0 aromatic heterocycles. The van der Waals surface area contributed by atoms with Crippen molar-refractivity contribution >= 4 is 11.6 Å². The number of alkyl halides is 1. The second-order valence-electron chi connectivity index (χ2n) is 4.17. The number of aliphatic hydroxyl groups excluding tert-OH is 1. The van der Waals surface area contributed by atoms with Crippen LogP contribution in [0.1, 0.15) is 32.6 Å². The molecule has 1 atom stereocenters. The summed E-state index contributed by atoms with van der Waals surface area (Å²) < 4.78 is 15.9. The van der Waals surface area contributed by atoms with Crippen LogP contribution in [0.15, 0.2) is 0 Å². The van der Waals surface area contributed by atoms with Crippen LogP contribution >= 0.6 is 11.6 Å². The molecular formula is C13H27ClO4. The lowest BCUT2D eigenvalue weighted by molar-refractivity contribution is -0.00562. The Morgan fingerprint density at radius 3 is 2.11 bits per heavy atom. The van der Waals surface area contributed by atoms with Gasteiger partial charge in [0.1, 0.15) is 0 Å². The number of hydrogen-bond acceptors (Lipinski definition) is 4. The predicted octanol–water partition coefficient (Wildman–Crippen LogP) is 2.22. The lowest BCUT2D eigenvalue weighted by atomic mass is 10.2. The maximum absolute atomic E-state index is 9.10. The maximum atomic E-state index is 9.10. The largest absolute Gasteiger partial charge is 0.389 e. The second kappa shape index (κ2) is 15.2. The van der Waals surface area contributed by atoms with Gasteiger partial charge in [0.2, 0.25) is 0 Å². The Bertz CT molecular complexity index is 158. The van der Waals surface area contributed by atoms with E-state index < -0.39 is 6.10 Å². The number of aliphatic hydroxyl groups is 1. The van der Waals surface area contributed by atoms with E-state index in [-0.39, 0.29) is 12.5 Å². The molecule has 1 N–H and O–H groups in total. The third-order valence-electron chi connectivity index (χ3n) is 2.37. The fraction of sp³-hybridized carbons (Fsp3) is 1.00. The van der Waals surface area contributed by atoms with Gasteiger partial charge in [0.25, 0.3) is 0 Å². The molecule has 110 valence electrons. The topological polar surface area (TPSA) is 47.9 Å². The van der Waals surface area contributed by atoms with Gasteiger partial charge in [-0.05, 0) is 6.42 Å². The predicted molar refractivity (Wildman–Crippen MR) is 73.3 cm³/mol. The van der Waals surface area contributed by atoms with Gasteiger partial charge >= 0.3 is 0 Å². The third-order valence-corrected chi connectivity index (χ3v) is 2.73. The first-order chi connectivity index (χ1) is 8.81. The van der Waals surface area contributed by atoms with Crippen LogP contribution in [-0.4, -0.2) is 56.7 Å². The van der Waals surface area contributed by atoms with Gasteiger partial charge in [0.15, 0.2) is 0 Å². The molecule has 0 aliphatic carbocycles. The van der Waals surface area contributed by atoms with Crippen molar-refractivity contribution in [2.24, 2.45) is 0 Å². The van der Waals surface area contributed by atoms with E-state index in [1.54, 1.807) is 0 Å². The van der Waals surface area contributed by atoms with Crippen LogP contribution in [0.2, 0.25) is 0 Å². The molecular weight excluding hydrogens is 256 g/mol. The highest BCUT2D eigenvalue weighted by atomic mass is 35.5. The summed E-state index contributed by atoms with van der Waals surface area (Å²) in [4.78, 5) is 0. The molecule has 0 aliphatic heterocycles. The number of unbranched alkanes of at least 4 members (excludes halogenated alkanes) is 3. The summed E-state index contributed by atoms with van der Waals surface area (Å²) in [5.41, 5.74) is 0. The zero-order valence-electron chi connectivity index (χ0n) is 11.4. The lowest BCUT2D eigenvalue weighted by Gasteiger charge is -2.08. The van der Waals surface area contributed by atoms with Crippen molar-refractivity contribution in [2.75, 3.05) is 45.5 Å². The Labute approximate surface area is 116 Å². The van der Waals surface area contributed by atoms with Crippen molar-refractivity contribution in [2.45, 2.75) is 38.7 Å². The number of rotatable bonds is 14. The molecule has 0 radical (unpaired) electrons. The van der Waals surface area contributed by atoms with E-state index in [1.807, 2.05) is 0 Å². The molecule has 0 amide bonds. The summed E-state index contributed by atoms with van der Waals surface area (Å²) in [6.07, 6.45) is 4.33. The Balaban J connectivity index is 2.94. The smallest absolute Gasteiger partial charge is 0.0908 e. The standard InChI is InChI=1S/C13H27ClO4/c1-2-3-4-5-6-16-7-8-17-9-10-18-12-13(15)11-14/h13,15H,2-12H2,1H3. The van der Waals surface area contributed by atoms with E-state index >= 15 is 0 Å². The van der Waals surface area contributed by atoms with Crippen LogP contribution in [0, 0.1) is 0 Å². The highest BCUT2D eigenvalue weighted by molar-refractivity contribution is 6.18. The monoisotopic (exact) mass is 282 g/mol. The fourth-order valence-corrected chi connectivity index (χ4v) is 1.42. The molecule has 18 heavy (non-hydrogen) atoms. The number of halogens is 1. The average Bonchev–Trinajstić information content (AvgIpc) is 2.39. The maximum Gasteiger partial charge on any atom is 0.0908 e. The van der Waals surface area contributed by atoms with Gasteiger partial charge in [0, 0.05) is 6.61 Å². The summed E-state index contributed by atoms with van der Waals surface area (Å²) in [5.74, 6) is 0.201. The van der Waals surface area contributed by atoms with E-state index in [9.17, 15) is 0 Å². The number of hydrogen-bond donors (Lipinski definition) is 1. The molecule has 0 bridgehead atoms. The first kappa shape index (κ1) is 18.1. The average molecular weight is 283 g/mol. The molecule has 5 heteroatoms. The quantitative estimate of drug-likeness (QED) is 0.392. The van der Waals surface area contributed by atoms with E-state index in [4.69, 9.17) is 30.9 Å². The molecule has 0 spiro atoms. The molecule has 0 saturated heterocycles.